The predicted molar refractivity (Wildman–Crippen MR) is 96.1 cm³/mol. The van der Waals surface area contributed by atoms with Crippen molar-refractivity contribution in [2.75, 3.05) is 40.5 Å². The minimum absolute atomic E-state index is 0. The van der Waals surface area contributed by atoms with Crippen LogP contribution in [0.15, 0.2) is 28.8 Å². The second-order valence-corrected chi connectivity index (χ2v) is 5.78. The van der Waals surface area contributed by atoms with E-state index < -0.39 is 0 Å². The van der Waals surface area contributed by atoms with Gasteiger partial charge in [-0.3, -0.25) is 4.90 Å². The van der Waals surface area contributed by atoms with E-state index in [0.29, 0.717) is 31.3 Å². The van der Waals surface area contributed by atoms with Crippen LogP contribution in [0, 0.1) is 0 Å². The van der Waals surface area contributed by atoms with E-state index in [1.807, 2.05) is 18.2 Å². The summed E-state index contributed by atoms with van der Waals surface area (Å²) in [6.45, 7) is 3.95. The zero-order valence-electron chi connectivity index (χ0n) is 14.6. The van der Waals surface area contributed by atoms with Crippen LogP contribution >= 0.6 is 12.4 Å². The molecule has 0 aliphatic carbocycles. The van der Waals surface area contributed by atoms with Gasteiger partial charge in [-0.2, -0.15) is 4.98 Å². The maximum absolute atomic E-state index is 5.53. The first-order valence-electron chi connectivity index (χ1n) is 8.20. The van der Waals surface area contributed by atoms with Crippen molar-refractivity contribution in [3.05, 3.63) is 41.5 Å². The number of hydrogen-bond donors (Lipinski definition) is 1. The quantitative estimate of drug-likeness (QED) is 0.799. The van der Waals surface area contributed by atoms with Crippen molar-refractivity contribution in [1.29, 1.82) is 0 Å². The molecule has 1 aromatic heterocycles. The lowest BCUT2D eigenvalue weighted by Gasteiger charge is -2.36. The first kappa shape index (κ1) is 19.7. The Morgan fingerprint density at radius 2 is 2.16 bits per heavy atom. The number of rotatable bonds is 7. The summed E-state index contributed by atoms with van der Waals surface area (Å²) < 4.78 is 16.0. The van der Waals surface area contributed by atoms with Gasteiger partial charge in [-0.1, -0.05) is 23.4 Å². The molecule has 25 heavy (non-hydrogen) atoms. The molecule has 0 amide bonds. The van der Waals surface area contributed by atoms with Gasteiger partial charge >= 0.3 is 0 Å². The van der Waals surface area contributed by atoms with Gasteiger partial charge in [0.2, 0.25) is 5.89 Å². The first-order chi connectivity index (χ1) is 11.8. The van der Waals surface area contributed by atoms with E-state index in [2.05, 4.69) is 26.4 Å². The summed E-state index contributed by atoms with van der Waals surface area (Å²) in [4.78, 5) is 6.81. The van der Waals surface area contributed by atoms with Gasteiger partial charge in [0, 0.05) is 38.7 Å². The third-order valence-corrected chi connectivity index (χ3v) is 4.23. The zero-order chi connectivity index (χ0) is 16.8. The number of nitrogens with one attached hydrogen (secondary N) is 1. The fraction of sp³-hybridized carbons (Fsp3) is 0.529. The van der Waals surface area contributed by atoms with E-state index in [1.165, 1.54) is 5.56 Å². The molecule has 7 nitrogen and oxygen atoms in total. The molecule has 1 atom stereocenters. The summed E-state index contributed by atoms with van der Waals surface area (Å²) in [5.41, 5.74) is 1.17. The fourth-order valence-electron chi connectivity index (χ4n) is 3.01. The third-order valence-electron chi connectivity index (χ3n) is 4.23. The number of nitrogens with zero attached hydrogens (tertiary/aromatic N) is 3. The molecule has 0 radical (unpaired) electrons. The van der Waals surface area contributed by atoms with Gasteiger partial charge < -0.3 is 19.3 Å². The van der Waals surface area contributed by atoms with E-state index in [4.69, 9.17) is 14.0 Å². The van der Waals surface area contributed by atoms with Crippen molar-refractivity contribution in [3.63, 3.8) is 0 Å². The van der Waals surface area contributed by atoms with E-state index in [0.717, 1.165) is 25.4 Å². The van der Waals surface area contributed by atoms with Crippen LogP contribution < -0.4 is 10.1 Å². The van der Waals surface area contributed by atoms with E-state index in [1.54, 1.807) is 14.2 Å². The highest BCUT2D eigenvalue weighted by molar-refractivity contribution is 5.85. The Balaban J connectivity index is 0.00000225. The normalized spacial score (nSPS) is 17.9. The van der Waals surface area contributed by atoms with Gasteiger partial charge in [0.15, 0.2) is 5.82 Å². The molecule has 8 heteroatoms. The molecule has 1 aromatic carbocycles. The molecule has 1 saturated heterocycles. The first-order valence-corrected chi connectivity index (χ1v) is 8.20. The Morgan fingerprint density at radius 1 is 1.32 bits per heavy atom. The zero-order valence-corrected chi connectivity index (χ0v) is 15.4. The topological polar surface area (TPSA) is 72.7 Å². The summed E-state index contributed by atoms with van der Waals surface area (Å²) in [5.74, 6) is 2.24. The number of aromatic nitrogens is 2. The number of ether oxygens (including phenoxy) is 2. The smallest absolute Gasteiger partial charge is 0.240 e. The lowest BCUT2D eigenvalue weighted by atomic mass is 10.0. The van der Waals surface area contributed by atoms with Crippen molar-refractivity contribution in [2.45, 2.75) is 19.0 Å². The van der Waals surface area contributed by atoms with E-state index in [9.17, 15) is 0 Å². The fourth-order valence-corrected chi connectivity index (χ4v) is 3.01. The van der Waals surface area contributed by atoms with Gasteiger partial charge in [-0.15, -0.1) is 12.4 Å². The Labute approximate surface area is 154 Å². The number of halogens is 1. The number of para-hydroxylation sites is 1. The van der Waals surface area contributed by atoms with Crippen LogP contribution in [0.2, 0.25) is 0 Å². The number of hydrogen-bond acceptors (Lipinski definition) is 7. The maximum Gasteiger partial charge on any atom is 0.240 e. The highest BCUT2D eigenvalue weighted by Gasteiger charge is 2.27. The standard InChI is InChI=1S/C17H24N4O3.ClH/c1-22-10-7-16-19-17(24-20-16)12-21-9-8-18-11-14(21)13-5-3-4-6-15(13)23-2;/h3-6,14,18H,7-12H2,1-2H3;1H. The molecule has 1 aliphatic rings. The summed E-state index contributed by atoms with van der Waals surface area (Å²) in [6.07, 6.45) is 0.664. The van der Waals surface area contributed by atoms with Crippen molar-refractivity contribution in [3.8, 4) is 5.75 Å². The molecule has 2 heterocycles. The number of piperazine rings is 1. The summed E-state index contributed by atoms with van der Waals surface area (Å²) in [6, 6.07) is 8.35. The van der Waals surface area contributed by atoms with Crippen molar-refractivity contribution in [2.24, 2.45) is 0 Å². The van der Waals surface area contributed by atoms with Gasteiger partial charge in [0.25, 0.3) is 0 Å². The molecule has 1 fully saturated rings. The van der Waals surface area contributed by atoms with Crippen molar-refractivity contribution in [1.82, 2.24) is 20.4 Å². The third kappa shape index (κ3) is 4.92. The minimum Gasteiger partial charge on any atom is -0.496 e. The van der Waals surface area contributed by atoms with Crippen molar-refractivity contribution >= 4 is 12.4 Å². The van der Waals surface area contributed by atoms with Gasteiger partial charge in [0.1, 0.15) is 5.75 Å². The Hall–Kier alpha value is -1.67. The van der Waals surface area contributed by atoms with E-state index >= 15 is 0 Å². The molecule has 0 bridgehead atoms. The largest absolute Gasteiger partial charge is 0.496 e. The second kappa shape index (κ2) is 9.72. The summed E-state index contributed by atoms with van der Waals surface area (Å²) >= 11 is 0. The number of methoxy groups -OCH3 is 2. The average Bonchev–Trinajstić information content (AvgIpc) is 3.08. The van der Waals surface area contributed by atoms with Crippen LogP contribution in [-0.4, -0.2) is 55.5 Å². The molecule has 0 spiro atoms. The van der Waals surface area contributed by atoms with Crippen molar-refractivity contribution < 1.29 is 14.0 Å². The Bertz CT molecular complexity index is 652. The van der Waals surface area contributed by atoms with Crippen LogP contribution in [-0.2, 0) is 17.7 Å². The van der Waals surface area contributed by atoms with Gasteiger partial charge in [-0.25, -0.2) is 0 Å². The van der Waals surface area contributed by atoms with Crippen LogP contribution in [0.3, 0.4) is 0 Å². The van der Waals surface area contributed by atoms with Gasteiger partial charge in [0.05, 0.1) is 26.3 Å². The molecular weight excluding hydrogens is 344 g/mol. The highest BCUT2D eigenvalue weighted by atomic mass is 35.5. The van der Waals surface area contributed by atoms with E-state index in [-0.39, 0.29) is 18.4 Å². The van der Waals surface area contributed by atoms with Crippen LogP contribution in [0.25, 0.3) is 0 Å². The predicted octanol–water partition coefficient (Wildman–Crippen LogP) is 1.84. The van der Waals surface area contributed by atoms with Gasteiger partial charge in [-0.05, 0) is 6.07 Å². The minimum atomic E-state index is 0. The van der Waals surface area contributed by atoms with Crippen LogP contribution in [0.4, 0.5) is 0 Å². The molecule has 2 aromatic rings. The van der Waals surface area contributed by atoms with Crippen LogP contribution in [0.5, 0.6) is 5.75 Å². The number of benzene rings is 1. The molecule has 138 valence electrons. The Morgan fingerprint density at radius 3 is 2.96 bits per heavy atom. The molecule has 3 rings (SSSR count). The molecule has 1 N–H and O–H groups in total. The lowest BCUT2D eigenvalue weighted by Crippen LogP contribution is -2.45. The monoisotopic (exact) mass is 368 g/mol. The molecular formula is C17H25ClN4O3. The second-order valence-electron chi connectivity index (χ2n) is 5.78. The maximum atomic E-state index is 5.53. The summed E-state index contributed by atoms with van der Waals surface area (Å²) in [7, 11) is 3.37. The lowest BCUT2D eigenvalue weighted by molar-refractivity contribution is 0.133. The molecule has 0 saturated carbocycles. The summed E-state index contributed by atoms with van der Waals surface area (Å²) in [5, 5.41) is 7.47. The molecule has 1 unspecified atom stereocenters. The highest BCUT2D eigenvalue weighted by Crippen LogP contribution is 2.30. The Kier molecular flexibility index (Phi) is 7.64. The van der Waals surface area contributed by atoms with Crippen LogP contribution in [0.1, 0.15) is 23.3 Å². The SMILES string of the molecule is COCCc1noc(CN2CCNCC2c2ccccc2OC)n1.Cl. The average molecular weight is 369 g/mol. The molecule has 1 aliphatic heterocycles.